The second-order valence-corrected chi connectivity index (χ2v) is 5.16. The molecule has 17 heavy (non-hydrogen) atoms. The predicted molar refractivity (Wildman–Crippen MR) is 70.5 cm³/mol. The number of hydrogen-bond donors (Lipinski definition) is 0. The maximum Gasteiger partial charge on any atom is 0.254 e. The van der Waals surface area contributed by atoms with Crippen LogP contribution in [0, 0.1) is 17.2 Å². The van der Waals surface area contributed by atoms with E-state index in [-0.39, 0.29) is 11.8 Å². The maximum atomic E-state index is 12.1. The van der Waals surface area contributed by atoms with Crippen LogP contribution in [0.2, 0.25) is 0 Å². The molecule has 0 saturated heterocycles. The van der Waals surface area contributed by atoms with E-state index in [1.54, 1.807) is 19.2 Å². The smallest absolute Gasteiger partial charge is 0.254 e. The molecular weight excluding hydrogens is 280 g/mol. The number of halogens is 1. The Morgan fingerprint density at radius 3 is 2.29 bits per heavy atom. The zero-order valence-electron chi connectivity index (χ0n) is 10.1. The Bertz CT molecular complexity index is 434. The summed E-state index contributed by atoms with van der Waals surface area (Å²) in [4.78, 5) is 13.6. The van der Waals surface area contributed by atoms with E-state index in [9.17, 15) is 4.79 Å². The molecule has 1 unspecified atom stereocenters. The third-order valence-electron chi connectivity index (χ3n) is 2.59. The predicted octanol–water partition coefficient (Wildman–Crippen LogP) is 3.07. The van der Waals surface area contributed by atoms with Gasteiger partial charge < -0.3 is 4.90 Å². The van der Waals surface area contributed by atoms with Crippen molar-refractivity contribution in [2.24, 2.45) is 5.92 Å². The summed E-state index contributed by atoms with van der Waals surface area (Å²) in [6.07, 6.45) is 0. The molecule has 4 heteroatoms. The third-order valence-corrected chi connectivity index (χ3v) is 3.12. The number of rotatable bonds is 3. The largest absolute Gasteiger partial charge is 0.325 e. The van der Waals surface area contributed by atoms with Gasteiger partial charge in [0.1, 0.15) is 6.04 Å². The van der Waals surface area contributed by atoms with E-state index < -0.39 is 6.04 Å². The monoisotopic (exact) mass is 294 g/mol. The summed E-state index contributed by atoms with van der Waals surface area (Å²) in [5.74, 6) is -0.0119. The average Bonchev–Trinajstić information content (AvgIpc) is 2.29. The zero-order chi connectivity index (χ0) is 13.0. The summed E-state index contributed by atoms with van der Waals surface area (Å²) >= 11 is 3.32. The van der Waals surface area contributed by atoms with E-state index in [0.29, 0.717) is 5.56 Å². The fourth-order valence-corrected chi connectivity index (χ4v) is 1.87. The van der Waals surface area contributed by atoms with Crippen LogP contribution in [0.15, 0.2) is 28.7 Å². The Labute approximate surface area is 110 Å². The van der Waals surface area contributed by atoms with Gasteiger partial charge in [-0.3, -0.25) is 4.79 Å². The van der Waals surface area contributed by atoms with Gasteiger partial charge in [-0.25, -0.2) is 0 Å². The quantitative estimate of drug-likeness (QED) is 0.860. The summed E-state index contributed by atoms with van der Waals surface area (Å²) in [5, 5.41) is 9.06. The van der Waals surface area contributed by atoms with Crippen LogP contribution in [0.3, 0.4) is 0 Å². The highest BCUT2D eigenvalue weighted by Crippen LogP contribution is 2.15. The second-order valence-electron chi connectivity index (χ2n) is 4.24. The number of hydrogen-bond acceptors (Lipinski definition) is 2. The van der Waals surface area contributed by atoms with Crippen molar-refractivity contribution in [3.05, 3.63) is 34.3 Å². The Balaban J connectivity index is 2.90. The van der Waals surface area contributed by atoms with Crippen molar-refractivity contribution in [3.63, 3.8) is 0 Å². The standard InChI is InChI=1S/C13H15BrN2O/c1-9(2)12(8-15)16(3)13(17)10-4-6-11(14)7-5-10/h4-7,9,12H,1-3H3. The minimum atomic E-state index is -0.397. The molecule has 0 heterocycles. The Morgan fingerprint density at radius 2 is 1.88 bits per heavy atom. The number of nitrogens with zero attached hydrogens (tertiary/aromatic N) is 2. The number of carbonyl (C=O) groups excluding carboxylic acids is 1. The molecule has 1 aromatic rings. The molecule has 0 radical (unpaired) electrons. The Kier molecular flexibility index (Phi) is 4.71. The van der Waals surface area contributed by atoms with Gasteiger partial charge in [0.25, 0.3) is 5.91 Å². The molecule has 1 rings (SSSR count). The van der Waals surface area contributed by atoms with Crippen molar-refractivity contribution in [2.75, 3.05) is 7.05 Å². The summed E-state index contributed by atoms with van der Waals surface area (Å²) in [5.41, 5.74) is 0.594. The molecule has 0 aliphatic heterocycles. The molecule has 90 valence electrons. The molecule has 0 spiro atoms. The van der Waals surface area contributed by atoms with Crippen molar-refractivity contribution in [3.8, 4) is 6.07 Å². The van der Waals surface area contributed by atoms with E-state index in [1.807, 2.05) is 26.0 Å². The lowest BCUT2D eigenvalue weighted by atomic mass is 10.0. The molecular formula is C13H15BrN2O. The topological polar surface area (TPSA) is 44.1 Å². The zero-order valence-corrected chi connectivity index (χ0v) is 11.7. The van der Waals surface area contributed by atoms with Crippen molar-refractivity contribution in [2.45, 2.75) is 19.9 Å². The lowest BCUT2D eigenvalue weighted by Gasteiger charge is -2.25. The number of amides is 1. The normalized spacial score (nSPS) is 12.0. The Morgan fingerprint density at radius 1 is 1.35 bits per heavy atom. The highest BCUT2D eigenvalue weighted by Gasteiger charge is 2.23. The van der Waals surface area contributed by atoms with Crippen LogP contribution < -0.4 is 0 Å². The number of carbonyl (C=O) groups is 1. The first-order chi connectivity index (χ1) is 7.97. The number of nitriles is 1. The number of benzene rings is 1. The Hall–Kier alpha value is -1.34. The van der Waals surface area contributed by atoms with Crippen LogP contribution >= 0.6 is 15.9 Å². The van der Waals surface area contributed by atoms with Gasteiger partial charge in [0, 0.05) is 17.1 Å². The summed E-state index contributed by atoms with van der Waals surface area (Å²) in [7, 11) is 1.66. The highest BCUT2D eigenvalue weighted by molar-refractivity contribution is 9.10. The van der Waals surface area contributed by atoms with Gasteiger partial charge in [0.05, 0.1) is 6.07 Å². The van der Waals surface area contributed by atoms with E-state index in [0.717, 1.165) is 4.47 Å². The fraction of sp³-hybridized carbons (Fsp3) is 0.385. The highest BCUT2D eigenvalue weighted by atomic mass is 79.9. The fourth-order valence-electron chi connectivity index (χ4n) is 1.61. The molecule has 1 amide bonds. The molecule has 0 aliphatic carbocycles. The maximum absolute atomic E-state index is 12.1. The van der Waals surface area contributed by atoms with Crippen LogP contribution in [0.5, 0.6) is 0 Å². The van der Waals surface area contributed by atoms with Crippen LogP contribution in [0.4, 0.5) is 0 Å². The lowest BCUT2D eigenvalue weighted by Crippen LogP contribution is -2.39. The lowest BCUT2D eigenvalue weighted by molar-refractivity contribution is 0.0736. The van der Waals surface area contributed by atoms with E-state index in [4.69, 9.17) is 5.26 Å². The minimum Gasteiger partial charge on any atom is -0.325 e. The molecule has 3 nitrogen and oxygen atoms in total. The average molecular weight is 295 g/mol. The van der Waals surface area contributed by atoms with E-state index in [2.05, 4.69) is 22.0 Å². The SMILES string of the molecule is CC(C)C(C#N)N(C)C(=O)c1ccc(Br)cc1. The van der Waals surface area contributed by atoms with Crippen molar-refractivity contribution < 1.29 is 4.79 Å². The van der Waals surface area contributed by atoms with Crippen LogP contribution in [-0.4, -0.2) is 23.9 Å². The van der Waals surface area contributed by atoms with E-state index in [1.165, 1.54) is 4.90 Å². The molecule has 0 bridgehead atoms. The summed E-state index contributed by atoms with van der Waals surface area (Å²) in [6.45, 7) is 3.86. The first kappa shape index (κ1) is 13.7. The van der Waals surface area contributed by atoms with Gasteiger partial charge in [-0.05, 0) is 30.2 Å². The van der Waals surface area contributed by atoms with Crippen LogP contribution in [0.1, 0.15) is 24.2 Å². The van der Waals surface area contributed by atoms with Crippen molar-refractivity contribution in [1.29, 1.82) is 5.26 Å². The van der Waals surface area contributed by atoms with Crippen LogP contribution in [0.25, 0.3) is 0 Å². The summed E-state index contributed by atoms with van der Waals surface area (Å²) in [6, 6.07) is 8.89. The molecule has 0 fully saturated rings. The molecule has 0 aliphatic rings. The van der Waals surface area contributed by atoms with E-state index >= 15 is 0 Å². The van der Waals surface area contributed by atoms with Gasteiger partial charge in [0.15, 0.2) is 0 Å². The first-order valence-corrected chi connectivity index (χ1v) is 6.19. The van der Waals surface area contributed by atoms with Gasteiger partial charge in [-0.2, -0.15) is 5.26 Å². The second kappa shape index (κ2) is 5.83. The molecule has 0 saturated carbocycles. The molecule has 1 atom stereocenters. The van der Waals surface area contributed by atoms with Gasteiger partial charge >= 0.3 is 0 Å². The molecule has 0 aromatic heterocycles. The first-order valence-electron chi connectivity index (χ1n) is 5.39. The van der Waals surface area contributed by atoms with Crippen molar-refractivity contribution in [1.82, 2.24) is 4.90 Å². The molecule has 1 aromatic carbocycles. The van der Waals surface area contributed by atoms with Gasteiger partial charge in [-0.15, -0.1) is 0 Å². The molecule has 0 N–H and O–H groups in total. The van der Waals surface area contributed by atoms with Crippen LogP contribution in [-0.2, 0) is 0 Å². The van der Waals surface area contributed by atoms with Gasteiger partial charge in [-0.1, -0.05) is 29.8 Å². The summed E-state index contributed by atoms with van der Waals surface area (Å²) < 4.78 is 0.928. The van der Waals surface area contributed by atoms with Gasteiger partial charge in [0.2, 0.25) is 0 Å². The third kappa shape index (κ3) is 3.31. The minimum absolute atomic E-state index is 0.115. The van der Waals surface area contributed by atoms with Crippen molar-refractivity contribution >= 4 is 21.8 Å².